The topological polar surface area (TPSA) is 69.2 Å². The van der Waals surface area contributed by atoms with E-state index in [2.05, 4.69) is 10.3 Å². The highest BCUT2D eigenvalue weighted by molar-refractivity contribution is 5.93. The standard InChI is InChI=1S/C27H27FN4O2/c1-18-3-2-12-29-26(18)20-6-9-23-24(15-20)31-25(17-34-22-10-13-33-14-11-22)32-27(23)30-21-7-4-19(16-28)5-8-21/h2-9,12,15,22H,10-11,13-14,16-17H2,1H3,(H,30,31,32). The van der Waals surface area contributed by atoms with Crippen LogP contribution in [0.2, 0.25) is 0 Å². The number of hydrogen-bond donors (Lipinski definition) is 1. The number of aromatic nitrogens is 3. The van der Waals surface area contributed by atoms with Crippen molar-refractivity contribution in [3.05, 3.63) is 77.7 Å². The SMILES string of the molecule is Cc1cccnc1-c1ccc2c(Nc3ccc(CF)cc3)nc(COC3CCOCC3)nc2c1. The third kappa shape index (κ3) is 5.05. The van der Waals surface area contributed by atoms with Gasteiger partial charge in [0.1, 0.15) is 19.1 Å². The van der Waals surface area contributed by atoms with Gasteiger partial charge in [0, 0.05) is 36.0 Å². The van der Waals surface area contributed by atoms with Gasteiger partial charge in [-0.1, -0.05) is 24.3 Å². The Bertz CT molecular complexity index is 1270. The Morgan fingerprint density at radius 3 is 2.65 bits per heavy atom. The predicted octanol–water partition coefficient (Wildman–Crippen LogP) is 5.91. The summed E-state index contributed by atoms with van der Waals surface area (Å²) in [6.07, 6.45) is 3.71. The van der Waals surface area contributed by atoms with E-state index in [1.165, 1.54) is 0 Å². The second-order valence-corrected chi connectivity index (χ2v) is 8.47. The molecule has 3 heterocycles. The minimum absolute atomic E-state index is 0.153. The highest BCUT2D eigenvalue weighted by Crippen LogP contribution is 2.29. The molecule has 0 unspecified atom stereocenters. The van der Waals surface area contributed by atoms with Gasteiger partial charge in [-0.3, -0.25) is 4.98 Å². The van der Waals surface area contributed by atoms with Crippen molar-refractivity contribution in [3.8, 4) is 11.3 Å². The Labute approximate surface area is 198 Å². The number of anilines is 2. The number of fused-ring (bicyclic) bond motifs is 1. The summed E-state index contributed by atoms with van der Waals surface area (Å²) < 4.78 is 24.4. The molecule has 1 N–H and O–H groups in total. The van der Waals surface area contributed by atoms with Crippen LogP contribution >= 0.6 is 0 Å². The molecule has 174 valence electrons. The Hall–Kier alpha value is -3.42. The molecule has 0 bridgehead atoms. The fourth-order valence-electron chi connectivity index (χ4n) is 4.12. The number of hydrogen-bond acceptors (Lipinski definition) is 6. The number of halogens is 1. The first-order valence-electron chi connectivity index (χ1n) is 11.5. The maximum absolute atomic E-state index is 12.9. The molecule has 0 saturated carbocycles. The minimum Gasteiger partial charge on any atom is -0.381 e. The molecule has 2 aromatic carbocycles. The van der Waals surface area contributed by atoms with Gasteiger partial charge in [0.25, 0.3) is 0 Å². The molecule has 5 rings (SSSR count). The molecule has 0 radical (unpaired) electrons. The predicted molar refractivity (Wildman–Crippen MR) is 131 cm³/mol. The zero-order valence-electron chi connectivity index (χ0n) is 19.1. The first-order valence-corrected chi connectivity index (χ1v) is 11.5. The summed E-state index contributed by atoms with van der Waals surface area (Å²) >= 11 is 0. The lowest BCUT2D eigenvalue weighted by Gasteiger charge is -2.22. The molecule has 1 aliphatic heterocycles. The van der Waals surface area contributed by atoms with E-state index in [0.717, 1.165) is 59.5 Å². The fraction of sp³-hybridized carbons (Fsp3) is 0.296. The van der Waals surface area contributed by atoms with Crippen LogP contribution in [-0.4, -0.2) is 34.3 Å². The number of nitrogens with zero attached hydrogens (tertiary/aromatic N) is 3. The van der Waals surface area contributed by atoms with Crippen molar-refractivity contribution in [1.29, 1.82) is 0 Å². The Morgan fingerprint density at radius 2 is 1.88 bits per heavy atom. The van der Waals surface area contributed by atoms with E-state index < -0.39 is 6.67 Å². The van der Waals surface area contributed by atoms with Crippen LogP contribution in [0.5, 0.6) is 0 Å². The molecule has 2 aromatic heterocycles. The summed E-state index contributed by atoms with van der Waals surface area (Å²) in [5.41, 5.74) is 5.31. The van der Waals surface area contributed by atoms with E-state index in [9.17, 15) is 4.39 Å². The fourth-order valence-corrected chi connectivity index (χ4v) is 4.12. The summed E-state index contributed by atoms with van der Waals surface area (Å²) in [5, 5.41) is 4.27. The van der Waals surface area contributed by atoms with Crippen LogP contribution in [0.4, 0.5) is 15.9 Å². The van der Waals surface area contributed by atoms with Crippen molar-refractivity contribution in [2.75, 3.05) is 18.5 Å². The second-order valence-electron chi connectivity index (χ2n) is 8.47. The molecular formula is C27H27FN4O2. The van der Waals surface area contributed by atoms with Gasteiger partial charge in [0.15, 0.2) is 5.82 Å². The summed E-state index contributed by atoms with van der Waals surface area (Å²) in [5.74, 6) is 1.30. The molecule has 0 spiro atoms. The first kappa shape index (κ1) is 22.4. The number of aryl methyl sites for hydroxylation is 1. The zero-order valence-corrected chi connectivity index (χ0v) is 19.1. The maximum Gasteiger partial charge on any atom is 0.157 e. The van der Waals surface area contributed by atoms with Crippen LogP contribution in [0.25, 0.3) is 22.2 Å². The number of pyridine rings is 1. The molecular weight excluding hydrogens is 431 g/mol. The first-order chi connectivity index (χ1) is 16.7. The van der Waals surface area contributed by atoms with Crippen molar-refractivity contribution >= 4 is 22.4 Å². The van der Waals surface area contributed by atoms with Gasteiger partial charge in [-0.2, -0.15) is 0 Å². The molecule has 1 fully saturated rings. The normalized spacial score (nSPS) is 14.4. The lowest BCUT2D eigenvalue weighted by atomic mass is 10.0. The summed E-state index contributed by atoms with van der Waals surface area (Å²) in [6.45, 7) is 3.33. The molecule has 1 aliphatic rings. The lowest BCUT2D eigenvalue weighted by Crippen LogP contribution is -2.23. The number of rotatable bonds is 7. The number of alkyl halides is 1. The van der Waals surface area contributed by atoms with E-state index in [0.29, 0.717) is 23.8 Å². The Morgan fingerprint density at radius 1 is 1.06 bits per heavy atom. The van der Waals surface area contributed by atoms with Crippen molar-refractivity contribution in [2.24, 2.45) is 0 Å². The molecule has 6 nitrogen and oxygen atoms in total. The lowest BCUT2D eigenvalue weighted by molar-refractivity contribution is -0.0408. The van der Waals surface area contributed by atoms with Gasteiger partial charge in [-0.25, -0.2) is 14.4 Å². The van der Waals surface area contributed by atoms with Gasteiger partial charge >= 0.3 is 0 Å². The number of ether oxygens (including phenoxy) is 2. The average Bonchev–Trinajstić information content (AvgIpc) is 2.88. The quantitative estimate of drug-likeness (QED) is 0.371. The molecule has 0 aliphatic carbocycles. The van der Waals surface area contributed by atoms with Crippen LogP contribution in [-0.2, 0) is 22.8 Å². The van der Waals surface area contributed by atoms with E-state index in [1.807, 2.05) is 49.4 Å². The molecule has 0 atom stereocenters. The molecule has 0 amide bonds. The summed E-state index contributed by atoms with van der Waals surface area (Å²) in [6, 6.07) is 17.3. The molecule has 34 heavy (non-hydrogen) atoms. The van der Waals surface area contributed by atoms with Crippen LogP contribution in [0.3, 0.4) is 0 Å². The van der Waals surface area contributed by atoms with E-state index in [4.69, 9.17) is 19.4 Å². The van der Waals surface area contributed by atoms with Crippen molar-refractivity contribution in [1.82, 2.24) is 15.0 Å². The van der Waals surface area contributed by atoms with Gasteiger partial charge in [0.2, 0.25) is 0 Å². The monoisotopic (exact) mass is 458 g/mol. The minimum atomic E-state index is -0.486. The second kappa shape index (κ2) is 10.2. The Kier molecular flexibility index (Phi) is 6.74. The number of nitrogens with one attached hydrogen (secondary N) is 1. The smallest absolute Gasteiger partial charge is 0.157 e. The van der Waals surface area contributed by atoms with Crippen LogP contribution in [0, 0.1) is 6.92 Å². The Balaban J connectivity index is 1.51. The largest absolute Gasteiger partial charge is 0.381 e. The van der Waals surface area contributed by atoms with Gasteiger partial charge in [-0.15, -0.1) is 0 Å². The van der Waals surface area contributed by atoms with E-state index in [-0.39, 0.29) is 6.10 Å². The zero-order chi connectivity index (χ0) is 23.3. The van der Waals surface area contributed by atoms with E-state index in [1.54, 1.807) is 18.3 Å². The highest BCUT2D eigenvalue weighted by atomic mass is 19.1. The maximum atomic E-state index is 12.9. The third-order valence-electron chi connectivity index (χ3n) is 6.01. The van der Waals surface area contributed by atoms with Gasteiger partial charge in [0.05, 0.1) is 17.3 Å². The van der Waals surface area contributed by atoms with Crippen LogP contribution in [0.1, 0.15) is 29.8 Å². The van der Waals surface area contributed by atoms with Crippen molar-refractivity contribution in [2.45, 2.75) is 39.2 Å². The number of benzene rings is 2. The van der Waals surface area contributed by atoms with Crippen LogP contribution < -0.4 is 5.32 Å². The van der Waals surface area contributed by atoms with Crippen molar-refractivity contribution in [3.63, 3.8) is 0 Å². The summed E-state index contributed by atoms with van der Waals surface area (Å²) in [4.78, 5) is 14.2. The molecule has 1 saturated heterocycles. The van der Waals surface area contributed by atoms with Gasteiger partial charge < -0.3 is 14.8 Å². The highest BCUT2D eigenvalue weighted by Gasteiger charge is 2.16. The third-order valence-corrected chi connectivity index (χ3v) is 6.01. The summed E-state index contributed by atoms with van der Waals surface area (Å²) in [7, 11) is 0. The van der Waals surface area contributed by atoms with Crippen molar-refractivity contribution < 1.29 is 13.9 Å². The average molecular weight is 459 g/mol. The van der Waals surface area contributed by atoms with Crippen LogP contribution in [0.15, 0.2) is 60.8 Å². The van der Waals surface area contributed by atoms with E-state index >= 15 is 0 Å². The van der Waals surface area contributed by atoms with Gasteiger partial charge in [-0.05, 0) is 61.2 Å². The molecule has 4 aromatic rings. The molecule has 7 heteroatoms.